The Morgan fingerprint density at radius 2 is 2.00 bits per heavy atom. The molecule has 1 aliphatic heterocycles. The van der Waals surface area contributed by atoms with Crippen LogP contribution in [0.1, 0.15) is 50.3 Å². The van der Waals surface area contributed by atoms with Crippen LogP contribution in [-0.2, 0) is 14.3 Å². The average Bonchev–Trinajstić information content (AvgIpc) is 2.60. The number of carbonyl (C=O) groups is 2. The molecular formula is C21H32N2O3. The van der Waals surface area contributed by atoms with Gasteiger partial charge in [0.05, 0.1) is 18.6 Å². The van der Waals surface area contributed by atoms with Gasteiger partial charge in [-0.3, -0.25) is 9.59 Å². The predicted octanol–water partition coefficient (Wildman–Crippen LogP) is 3.08. The number of likely N-dealkylation sites (tertiary alicyclic amines) is 1. The quantitative estimate of drug-likeness (QED) is 0.775. The van der Waals surface area contributed by atoms with Gasteiger partial charge in [-0.2, -0.15) is 0 Å². The minimum absolute atomic E-state index is 0.0474. The van der Waals surface area contributed by atoms with Crippen LogP contribution in [0.4, 0.5) is 0 Å². The number of amides is 2. The lowest BCUT2D eigenvalue weighted by molar-refractivity contribution is -0.144. The van der Waals surface area contributed by atoms with Crippen LogP contribution in [-0.4, -0.2) is 43.5 Å². The molecule has 5 nitrogen and oxygen atoms in total. The van der Waals surface area contributed by atoms with Crippen molar-refractivity contribution in [2.24, 2.45) is 11.8 Å². The molecule has 1 saturated heterocycles. The van der Waals surface area contributed by atoms with Gasteiger partial charge in [0.25, 0.3) is 0 Å². The van der Waals surface area contributed by atoms with Gasteiger partial charge in [0.15, 0.2) is 0 Å². The number of nitrogens with zero attached hydrogens (tertiary/aromatic N) is 1. The number of rotatable bonds is 8. The van der Waals surface area contributed by atoms with E-state index in [4.69, 9.17) is 4.74 Å². The largest absolute Gasteiger partial charge is 0.383 e. The Morgan fingerprint density at radius 3 is 2.62 bits per heavy atom. The van der Waals surface area contributed by atoms with Gasteiger partial charge in [-0.05, 0) is 31.2 Å². The number of ether oxygens (including phenoxy) is 1. The number of aryl methyl sites for hydroxylation is 1. The fraction of sp³-hybridized carbons (Fsp3) is 0.619. The van der Waals surface area contributed by atoms with Crippen LogP contribution < -0.4 is 5.32 Å². The Hall–Kier alpha value is -1.88. The van der Waals surface area contributed by atoms with Crippen LogP contribution in [0.25, 0.3) is 0 Å². The third-order valence-corrected chi connectivity index (χ3v) is 5.02. The zero-order valence-corrected chi connectivity index (χ0v) is 16.5. The van der Waals surface area contributed by atoms with Gasteiger partial charge < -0.3 is 15.0 Å². The zero-order valence-electron chi connectivity index (χ0n) is 16.5. The molecule has 0 aromatic heterocycles. The summed E-state index contributed by atoms with van der Waals surface area (Å²) >= 11 is 0. The topological polar surface area (TPSA) is 58.6 Å². The van der Waals surface area contributed by atoms with E-state index in [2.05, 4.69) is 19.2 Å². The Labute approximate surface area is 157 Å². The minimum Gasteiger partial charge on any atom is -0.383 e. The van der Waals surface area contributed by atoms with Gasteiger partial charge in [0.2, 0.25) is 11.8 Å². The van der Waals surface area contributed by atoms with Crippen molar-refractivity contribution in [1.29, 1.82) is 0 Å². The van der Waals surface area contributed by atoms with Crippen LogP contribution >= 0.6 is 0 Å². The summed E-state index contributed by atoms with van der Waals surface area (Å²) in [6.45, 7) is 7.98. The molecule has 0 aliphatic carbocycles. The Bertz CT molecular complexity index is 598. The smallest absolute Gasteiger partial charge is 0.225 e. The molecule has 1 heterocycles. The van der Waals surface area contributed by atoms with Crippen molar-refractivity contribution in [3.8, 4) is 0 Å². The summed E-state index contributed by atoms with van der Waals surface area (Å²) in [6.07, 6.45) is 1.96. The maximum atomic E-state index is 12.9. The maximum Gasteiger partial charge on any atom is 0.225 e. The third kappa shape index (κ3) is 5.31. The Morgan fingerprint density at radius 1 is 1.31 bits per heavy atom. The van der Waals surface area contributed by atoms with Crippen molar-refractivity contribution in [2.45, 2.75) is 46.1 Å². The first-order chi connectivity index (χ1) is 12.4. The van der Waals surface area contributed by atoms with Gasteiger partial charge in [-0.25, -0.2) is 0 Å². The number of methoxy groups -OCH3 is 1. The number of nitrogens with one attached hydrogen (secondary N) is 1. The summed E-state index contributed by atoms with van der Waals surface area (Å²) in [5.74, 6) is 0.471. The van der Waals surface area contributed by atoms with Crippen molar-refractivity contribution in [3.63, 3.8) is 0 Å². The summed E-state index contributed by atoms with van der Waals surface area (Å²) in [6, 6.07) is 7.92. The summed E-state index contributed by atoms with van der Waals surface area (Å²) in [4.78, 5) is 27.3. The lowest BCUT2D eigenvalue weighted by atomic mass is 9.83. The van der Waals surface area contributed by atoms with Gasteiger partial charge in [-0.15, -0.1) is 0 Å². The minimum atomic E-state index is -0.231. The predicted molar refractivity (Wildman–Crippen MR) is 103 cm³/mol. The molecule has 0 radical (unpaired) electrons. The number of benzene rings is 1. The van der Waals surface area contributed by atoms with Crippen LogP contribution in [0.3, 0.4) is 0 Å². The van der Waals surface area contributed by atoms with Gasteiger partial charge in [0, 0.05) is 26.6 Å². The average molecular weight is 360 g/mol. The molecule has 1 aliphatic rings. The molecule has 144 valence electrons. The first-order valence-electron chi connectivity index (χ1n) is 9.56. The van der Waals surface area contributed by atoms with E-state index in [1.807, 2.05) is 36.1 Å². The van der Waals surface area contributed by atoms with E-state index < -0.39 is 0 Å². The van der Waals surface area contributed by atoms with Crippen LogP contribution in [0.5, 0.6) is 0 Å². The molecule has 0 saturated carbocycles. The Kier molecular flexibility index (Phi) is 7.64. The lowest BCUT2D eigenvalue weighted by Gasteiger charge is -2.41. The summed E-state index contributed by atoms with van der Waals surface area (Å²) in [5.41, 5.74) is 2.18. The highest BCUT2D eigenvalue weighted by molar-refractivity contribution is 5.85. The second-order valence-corrected chi connectivity index (χ2v) is 7.55. The highest BCUT2D eigenvalue weighted by Crippen LogP contribution is 2.37. The number of piperidine rings is 1. The van der Waals surface area contributed by atoms with E-state index in [9.17, 15) is 9.59 Å². The highest BCUT2D eigenvalue weighted by atomic mass is 16.5. The fourth-order valence-electron chi connectivity index (χ4n) is 3.47. The zero-order chi connectivity index (χ0) is 19.1. The van der Waals surface area contributed by atoms with Gasteiger partial charge in [-0.1, -0.05) is 43.7 Å². The molecule has 1 aromatic carbocycles. The SMILES string of the molecule is COCCN1C(=O)CC[C@@H](C(=O)NCCC(C)C)[C@H]1c1ccc(C)cc1. The maximum absolute atomic E-state index is 12.9. The third-order valence-electron chi connectivity index (χ3n) is 5.02. The number of carbonyl (C=O) groups excluding carboxylic acids is 2. The first-order valence-corrected chi connectivity index (χ1v) is 9.56. The van der Waals surface area contributed by atoms with Crippen LogP contribution in [0, 0.1) is 18.8 Å². The molecule has 0 spiro atoms. The first kappa shape index (κ1) is 20.4. The molecule has 2 amide bonds. The highest BCUT2D eigenvalue weighted by Gasteiger charge is 2.40. The molecule has 1 aromatic rings. The van der Waals surface area contributed by atoms with Crippen LogP contribution in [0.15, 0.2) is 24.3 Å². The normalized spacial score (nSPS) is 20.5. The van der Waals surface area contributed by atoms with Crippen molar-refractivity contribution < 1.29 is 14.3 Å². The van der Waals surface area contributed by atoms with Gasteiger partial charge in [0.1, 0.15) is 0 Å². The van der Waals surface area contributed by atoms with Crippen LogP contribution in [0.2, 0.25) is 0 Å². The molecule has 0 unspecified atom stereocenters. The summed E-state index contributed by atoms with van der Waals surface area (Å²) < 4.78 is 5.19. The monoisotopic (exact) mass is 360 g/mol. The second kappa shape index (κ2) is 9.72. The summed E-state index contributed by atoms with van der Waals surface area (Å²) in [5, 5.41) is 3.08. The van der Waals surface area contributed by atoms with E-state index in [-0.39, 0.29) is 23.8 Å². The van der Waals surface area contributed by atoms with E-state index >= 15 is 0 Å². The molecule has 2 atom stereocenters. The molecule has 1 N–H and O–H groups in total. The molecule has 5 heteroatoms. The molecule has 2 rings (SSSR count). The number of hydrogen-bond acceptors (Lipinski definition) is 3. The molecule has 1 fully saturated rings. The Balaban J connectivity index is 2.23. The second-order valence-electron chi connectivity index (χ2n) is 7.55. The van der Waals surface area contributed by atoms with E-state index in [0.717, 1.165) is 17.5 Å². The van der Waals surface area contributed by atoms with E-state index in [0.29, 0.717) is 38.5 Å². The molecular weight excluding hydrogens is 328 g/mol. The standard InChI is InChI=1S/C21H32N2O3/c1-15(2)11-12-22-21(25)18-9-10-19(24)23(13-14-26-4)20(18)17-7-5-16(3)6-8-17/h5-8,15,18,20H,9-14H2,1-4H3,(H,22,25)/t18-,20-/m1/s1. The lowest BCUT2D eigenvalue weighted by Crippen LogP contribution is -2.49. The molecule has 26 heavy (non-hydrogen) atoms. The summed E-state index contributed by atoms with van der Waals surface area (Å²) in [7, 11) is 1.63. The molecule has 0 bridgehead atoms. The number of hydrogen-bond donors (Lipinski definition) is 1. The van der Waals surface area contributed by atoms with Crippen molar-refractivity contribution in [2.75, 3.05) is 26.8 Å². The fourth-order valence-corrected chi connectivity index (χ4v) is 3.47. The van der Waals surface area contributed by atoms with Crippen molar-refractivity contribution in [3.05, 3.63) is 35.4 Å². The van der Waals surface area contributed by atoms with Crippen molar-refractivity contribution >= 4 is 11.8 Å². The van der Waals surface area contributed by atoms with Crippen molar-refractivity contribution in [1.82, 2.24) is 10.2 Å². The van der Waals surface area contributed by atoms with Gasteiger partial charge >= 0.3 is 0 Å². The van der Waals surface area contributed by atoms with E-state index in [1.165, 1.54) is 0 Å². The van der Waals surface area contributed by atoms with E-state index in [1.54, 1.807) is 7.11 Å².